The number of aromatic amines is 1. The number of hydrogen-bond donors (Lipinski definition) is 2. The van der Waals surface area contributed by atoms with E-state index in [4.69, 9.17) is 0 Å². The summed E-state index contributed by atoms with van der Waals surface area (Å²) in [5, 5.41) is 10.1. The van der Waals surface area contributed by atoms with Crippen molar-refractivity contribution in [2.45, 2.75) is 30.5 Å². The predicted molar refractivity (Wildman–Crippen MR) is 100 cm³/mol. The molecule has 5 rings (SSSR count). The number of benzene rings is 1. The molecule has 25 heavy (non-hydrogen) atoms. The minimum atomic E-state index is 0.337. The van der Waals surface area contributed by atoms with Crippen LogP contribution in [0.15, 0.2) is 41.7 Å². The summed E-state index contributed by atoms with van der Waals surface area (Å²) in [4.78, 5) is 12.7. The second-order valence-corrected chi connectivity index (χ2v) is 7.12. The Bertz CT molecular complexity index is 1070. The van der Waals surface area contributed by atoms with Gasteiger partial charge in [0.2, 0.25) is 5.95 Å². The van der Waals surface area contributed by atoms with E-state index in [1.165, 1.54) is 22.2 Å². The highest BCUT2D eigenvalue weighted by molar-refractivity contribution is 7.98. The van der Waals surface area contributed by atoms with E-state index >= 15 is 0 Å². The molecule has 1 aliphatic carbocycles. The Morgan fingerprint density at radius 2 is 2.16 bits per heavy atom. The van der Waals surface area contributed by atoms with E-state index in [1.54, 1.807) is 22.5 Å². The largest absolute Gasteiger partial charge is 0.358 e. The Hall–Kier alpha value is -2.54. The van der Waals surface area contributed by atoms with Crippen LogP contribution >= 0.6 is 11.8 Å². The summed E-state index contributed by atoms with van der Waals surface area (Å²) in [6.07, 6.45) is 6.86. The normalized spacial score (nSPS) is 17.1. The third kappa shape index (κ3) is 2.46. The molecule has 0 amide bonds. The lowest BCUT2D eigenvalue weighted by atomic mass is 9.91. The van der Waals surface area contributed by atoms with E-state index in [9.17, 15) is 0 Å². The lowest BCUT2D eigenvalue weighted by Gasteiger charge is -2.24. The van der Waals surface area contributed by atoms with Crippen molar-refractivity contribution in [1.29, 1.82) is 0 Å². The van der Waals surface area contributed by atoms with Crippen molar-refractivity contribution in [1.82, 2.24) is 24.6 Å². The smallest absolute Gasteiger partial charge is 0.228 e. The van der Waals surface area contributed by atoms with Crippen molar-refractivity contribution in [2.24, 2.45) is 0 Å². The lowest BCUT2D eigenvalue weighted by molar-refractivity contribution is 0.597. The molecule has 4 aromatic rings. The van der Waals surface area contributed by atoms with Crippen LogP contribution in [-0.2, 0) is 12.8 Å². The fourth-order valence-corrected chi connectivity index (χ4v) is 4.03. The van der Waals surface area contributed by atoms with Crippen LogP contribution in [0, 0.1) is 0 Å². The molecule has 0 saturated heterocycles. The molecule has 2 N–H and O–H groups in total. The van der Waals surface area contributed by atoms with Crippen molar-refractivity contribution in [3.8, 4) is 0 Å². The SMILES string of the molecule is CSc1nc(N[C@@H]2CCc3[nH]c4ccccc4c3C2)n2nccc2n1. The zero-order chi connectivity index (χ0) is 16.8. The maximum atomic E-state index is 4.63. The first-order chi connectivity index (χ1) is 12.3. The zero-order valence-electron chi connectivity index (χ0n) is 13.9. The average Bonchev–Trinajstić information content (AvgIpc) is 3.25. The van der Waals surface area contributed by atoms with Gasteiger partial charge in [0.05, 0.1) is 6.20 Å². The number of thioether (sulfide) groups is 1. The number of fused-ring (bicyclic) bond motifs is 4. The Kier molecular flexibility index (Phi) is 3.41. The molecule has 126 valence electrons. The number of H-pyrrole nitrogens is 1. The van der Waals surface area contributed by atoms with Gasteiger partial charge in [-0.1, -0.05) is 30.0 Å². The van der Waals surface area contributed by atoms with Crippen LogP contribution in [0.3, 0.4) is 0 Å². The van der Waals surface area contributed by atoms with Crippen LogP contribution in [0.5, 0.6) is 0 Å². The first-order valence-corrected chi connectivity index (χ1v) is 9.65. The van der Waals surface area contributed by atoms with E-state index < -0.39 is 0 Å². The van der Waals surface area contributed by atoms with Crippen molar-refractivity contribution in [3.05, 3.63) is 47.8 Å². The maximum absolute atomic E-state index is 4.63. The Balaban J connectivity index is 1.49. The molecule has 3 aromatic heterocycles. The van der Waals surface area contributed by atoms with Crippen LogP contribution in [0.25, 0.3) is 16.6 Å². The molecule has 0 saturated carbocycles. The highest BCUT2D eigenvalue weighted by atomic mass is 32.2. The first kappa shape index (κ1) is 14.8. The third-order valence-electron chi connectivity index (χ3n) is 4.85. The Labute approximate surface area is 149 Å². The van der Waals surface area contributed by atoms with Crippen LogP contribution in [0.4, 0.5) is 5.95 Å². The summed E-state index contributed by atoms with van der Waals surface area (Å²) < 4.78 is 1.78. The molecular formula is C18H18N6S. The highest BCUT2D eigenvalue weighted by Gasteiger charge is 2.23. The van der Waals surface area contributed by atoms with E-state index in [1.807, 2.05) is 12.3 Å². The maximum Gasteiger partial charge on any atom is 0.228 e. The number of anilines is 1. The van der Waals surface area contributed by atoms with Crippen LogP contribution < -0.4 is 5.32 Å². The van der Waals surface area contributed by atoms with Gasteiger partial charge in [0, 0.05) is 28.7 Å². The Morgan fingerprint density at radius 1 is 1.24 bits per heavy atom. The fraction of sp³-hybridized carbons (Fsp3) is 0.278. The summed E-state index contributed by atoms with van der Waals surface area (Å²) in [5.41, 5.74) is 4.85. The van der Waals surface area contributed by atoms with Gasteiger partial charge in [0.15, 0.2) is 10.8 Å². The molecule has 0 radical (unpaired) electrons. The van der Waals surface area contributed by atoms with Crippen LogP contribution in [0.2, 0.25) is 0 Å². The second kappa shape index (κ2) is 5.77. The molecule has 7 heteroatoms. The minimum absolute atomic E-state index is 0.337. The monoisotopic (exact) mass is 350 g/mol. The molecule has 0 aliphatic heterocycles. The van der Waals surface area contributed by atoms with Gasteiger partial charge in [-0.2, -0.15) is 14.6 Å². The standard InChI is InChI=1S/C18H18N6S/c1-25-18-22-16-8-9-19-24(16)17(23-18)20-11-6-7-15-13(10-11)12-4-2-3-5-14(12)21-15/h2-5,8-9,11,21H,6-7,10H2,1H3,(H,20,22,23)/t11-/m1/s1. The highest BCUT2D eigenvalue weighted by Crippen LogP contribution is 2.30. The van der Waals surface area contributed by atoms with Gasteiger partial charge in [-0.15, -0.1) is 0 Å². The van der Waals surface area contributed by atoms with Gasteiger partial charge in [0.1, 0.15) is 0 Å². The predicted octanol–water partition coefficient (Wildman–Crippen LogP) is 3.30. The third-order valence-corrected chi connectivity index (χ3v) is 5.39. The van der Waals surface area contributed by atoms with E-state index in [-0.39, 0.29) is 0 Å². The van der Waals surface area contributed by atoms with E-state index in [0.29, 0.717) is 6.04 Å². The second-order valence-electron chi connectivity index (χ2n) is 6.35. The first-order valence-electron chi connectivity index (χ1n) is 8.42. The molecule has 0 bridgehead atoms. The summed E-state index contributed by atoms with van der Waals surface area (Å²) in [6, 6.07) is 10.8. The molecule has 0 unspecified atom stereocenters. The topological polar surface area (TPSA) is 70.9 Å². The number of aryl methyl sites for hydroxylation is 1. The Morgan fingerprint density at radius 3 is 3.08 bits per heavy atom. The van der Waals surface area contributed by atoms with Gasteiger partial charge in [-0.25, -0.2) is 4.98 Å². The number of hydrogen-bond acceptors (Lipinski definition) is 5. The molecule has 6 nitrogen and oxygen atoms in total. The van der Waals surface area contributed by atoms with Crippen molar-refractivity contribution in [3.63, 3.8) is 0 Å². The lowest BCUT2D eigenvalue weighted by Crippen LogP contribution is -2.29. The summed E-state index contributed by atoms with van der Waals surface area (Å²) in [6.45, 7) is 0. The quantitative estimate of drug-likeness (QED) is 0.555. The van der Waals surface area contributed by atoms with E-state index in [2.05, 4.69) is 49.6 Å². The number of para-hydroxylation sites is 1. The number of nitrogens with one attached hydrogen (secondary N) is 2. The van der Waals surface area contributed by atoms with E-state index in [0.717, 1.165) is 36.0 Å². The van der Waals surface area contributed by atoms with Crippen molar-refractivity contribution < 1.29 is 0 Å². The van der Waals surface area contributed by atoms with Gasteiger partial charge in [0.25, 0.3) is 0 Å². The average molecular weight is 350 g/mol. The number of rotatable bonds is 3. The molecular weight excluding hydrogens is 332 g/mol. The fourth-order valence-electron chi connectivity index (χ4n) is 3.67. The number of nitrogens with zero attached hydrogens (tertiary/aromatic N) is 4. The van der Waals surface area contributed by atoms with Gasteiger partial charge < -0.3 is 10.3 Å². The zero-order valence-corrected chi connectivity index (χ0v) is 14.7. The summed E-state index contributed by atoms with van der Waals surface area (Å²) in [5.74, 6) is 0.771. The molecule has 1 aliphatic rings. The number of aromatic nitrogens is 5. The van der Waals surface area contributed by atoms with Crippen molar-refractivity contribution in [2.75, 3.05) is 11.6 Å². The molecule has 0 spiro atoms. The van der Waals surface area contributed by atoms with Gasteiger partial charge >= 0.3 is 0 Å². The summed E-state index contributed by atoms with van der Waals surface area (Å²) in [7, 11) is 0. The molecule has 3 heterocycles. The van der Waals surface area contributed by atoms with Gasteiger partial charge in [-0.05, 0) is 37.1 Å². The van der Waals surface area contributed by atoms with Crippen molar-refractivity contribution >= 4 is 34.3 Å². The van der Waals surface area contributed by atoms with Crippen LogP contribution in [-0.4, -0.2) is 36.9 Å². The summed E-state index contributed by atoms with van der Waals surface area (Å²) >= 11 is 1.55. The molecule has 1 atom stereocenters. The molecule has 1 aromatic carbocycles. The van der Waals surface area contributed by atoms with Crippen LogP contribution in [0.1, 0.15) is 17.7 Å². The minimum Gasteiger partial charge on any atom is -0.358 e. The van der Waals surface area contributed by atoms with Gasteiger partial charge in [-0.3, -0.25) is 0 Å². The molecule has 0 fully saturated rings.